The van der Waals surface area contributed by atoms with Crippen LogP contribution in [0.15, 0.2) is 30.3 Å². The topological polar surface area (TPSA) is 35.5 Å². The van der Waals surface area contributed by atoms with Gasteiger partial charge < -0.3 is 9.47 Å². The fourth-order valence-corrected chi connectivity index (χ4v) is 1.88. The Hall–Kier alpha value is -1.35. The summed E-state index contributed by atoms with van der Waals surface area (Å²) >= 11 is 0. The van der Waals surface area contributed by atoms with E-state index in [1.165, 1.54) is 0 Å². The molecule has 0 fully saturated rings. The standard InChI is InChI=1S/C15H22O3/c1-12(2)17-10-14(15(3,4)18-11-16)13-8-6-5-7-9-13/h5-9,11-12,14H,10H2,1-4H3. The van der Waals surface area contributed by atoms with Crippen molar-refractivity contribution in [1.29, 1.82) is 0 Å². The SMILES string of the molecule is CC(C)OCC(c1ccccc1)C(C)(C)OC=O. The van der Waals surface area contributed by atoms with Crippen LogP contribution < -0.4 is 0 Å². The third kappa shape index (κ3) is 4.15. The second kappa shape index (κ2) is 6.55. The van der Waals surface area contributed by atoms with Gasteiger partial charge in [0, 0.05) is 5.92 Å². The first-order valence-corrected chi connectivity index (χ1v) is 6.25. The van der Waals surface area contributed by atoms with Crippen molar-refractivity contribution in [2.24, 2.45) is 0 Å². The van der Waals surface area contributed by atoms with Crippen LogP contribution in [-0.4, -0.2) is 24.8 Å². The lowest BCUT2D eigenvalue weighted by atomic mass is 9.85. The number of carbonyl (C=O) groups excluding carboxylic acids is 1. The van der Waals surface area contributed by atoms with E-state index in [1.54, 1.807) is 0 Å². The van der Waals surface area contributed by atoms with Gasteiger partial charge in [0.25, 0.3) is 6.47 Å². The lowest BCUT2D eigenvalue weighted by Gasteiger charge is -2.33. The normalized spacial score (nSPS) is 13.4. The van der Waals surface area contributed by atoms with Gasteiger partial charge in [-0.05, 0) is 33.3 Å². The summed E-state index contributed by atoms with van der Waals surface area (Å²) in [6.45, 7) is 8.84. The van der Waals surface area contributed by atoms with E-state index in [9.17, 15) is 4.79 Å². The van der Waals surface area contributed by atoms with E-state index in [4.69, 9.17) is 9.47 Å². The molecule has 0 heterocycles. The zero-order chi connectivity index (χ0) is 13.6. The lowest BCUT2D eigenvalue weighted by Crippen LogP contribution is -2.36. The molecule has 1 aromatic carbocycles. The van der Waals surface area contributed by atoms with E-state index in [2.05, 4.69) is 0 Å². The Morgan fingerprint density at radius 2 is 1.83 bits per heavy atom. The zero-order valence-electron chi connectivity index (χ0n) is 11.6. The molecule has 0 saturated carbocycles. The van der Waals surface area contributed by atoms with Crippen molar-refractivity contribution >= 4 is 6.47 Å². The maximum absolute atomic E-state index is 10.6. The summed E-state index contributed by atoms with van der Waals surface area (Å²) in [5, 5.41) is 0. The Morgan fingerprint density at radius 3 is 2.33 bits per heavy atom. The average Bonchev–Trinajstić information content (AvgIpc) is 2.29. The molecule has 1 aromatic rings. The van der Waals surface area contributed by atoms with E-state index in [1.807, 2.05) is 58.0 Å². The number of rotatable bonds is 7. The fraction of sp³-hybridized carbons (Fsp3) is 0.533. The first-order valence-electron chi connectivity index (χ1n) is 6.25. The average molecular weight is 250 g/mol. The monoisotopic (exact) mass is 250 g/mol. The van der Waals surface area contributed by atoms with E-state index in [0.29, 0.717) is 13.1 Å². The third-order valence-corrected chi connectivity index (χ3v) is 2.99. The van der Waals surface area contributed by atoms with E-state index < -0.39 is 5.60 Å². The van der Waals surface area contributed by atoms with Gasteiger partial charge in [-0.2, -0.15) is 0 Å². The summed E-state index contributed by atoms with van der Waals surface area (Å²) in [6.07, 6.45) is 0.156. The van der Waals surface area contributed by atoms with Crippen LogP contribution in [0.4, 0.5) is 0 Å². The van der Waals surface area contributed by atoms with Crippen LogP contribution in [0, 0.1) is 0 Å². The Kier molecular flexibility index (Phi) is 5.35. The highest BCUT2D eigenvalue weighted by atomic mass is 16.5. The summed E-state index contributed by atoms with van der Waals surface area (Å²) in [7, 11) is 0. The molecule has 3 heteroatoms. The van der Waals surface area contributed by atoms with Crippen LogP contribution in [0.3, 0.4) is 0 Å². The molecule has 18 heavy (non-hydrogen) atoms. The molecule has 0 aliphatic rings. The highest BCUT2D eigenvalue weighted by Gasteiger charge is 2.32. The highest BCUT2D eigenvalue weighted by Crippen LogP contribution is 2.31. The Morgan fingerprint density at radius 1 is 1.22 bits per heavy atom. The first-order chi connectivity index (χ1) is 8.47. The van der Waals surface area contributed by atoms with Gasteiger partial charge in [0.2, 0.25) is 0 Å². The number of carbonyl (C=O) groups is 1. The largest absolute Gasteiger partial charge is 0.461 e. The van der Waals surface area contributed by atoms with E-state index >= 15 is 0 Å². The van der Waals surface area contributed by atoms with Crippen LogP contribution in [0.1, 0.15) is 39.2 Å². The molecule has 0 aliphatic carbocycles. The molecule has 1 rings (SSSR count). The predicted octanol–water partition coefficient (Wildman–Crippen LogP) is 3.15. The van der Waals surface area contributed by atoms with Crippen LogP contribution >= 0.6 is 0 Å². The Balaban J connectivity index is 2.91. The van der Waals surface area contributed by atoms with Crippen LogP contribution in [0.25, 0.3) is 0 Å². The molecule has 100 valence electrons. The van der Waals surface area contributed by atoms with Crippen molar-refractivity contribution in [1.82, 2.24) is 0 Å². The van der Waals surface area contributed by atoms with Crippen molar-refractivity contribution < 1.29 is 14.3 Å². The van der Waals surface area contributed by atoms with Gasteiger partial charge in [0.05, 0.1) is 12.7 Å². The number of hydrogen-bond donors (Lipinski definition) is 0. The molecule has 0 spiro atoms. The van der Waals surface area contributed by atoms with Crippen LogP contribution in [-0.2, 0) is 14.3 Å². The lowest BCUT2D eigenvalue weighted by molar-refractivity contribution is -0.144. The van der Waals surface area contributed by atoms with Gasteiger partial charge in [0.1, 0.15) is 5.60 Å². The predicted molar refractivity (Wildman–Crippen MR) is 71.5 cm³/mol. The maximum atomic E-state index is 10.6. The second-order valence-corrected chi connectivity index (χ2v) is 5.16. The smallest absolute Gasteiger partial charge is 0.293 e. The van der Waals surface area contributed by atoms with Crippen molar-refractivity contribution in [3.8, 4) is 0 Å². The third-order valence-electron chi connectivity index (χ3n) is 2.99. The van der Waals surface area contributed by atoms with Gasteiger partial charge in [-0.15, -0.1) is 0 Å². The molecule has 3 nitrogen and oxygen atoms in total. The molecular weight excluding hydrogens is 228 g/mol. The quantitative estimate of drug-likeness (QED) is 0.697. The van der Waals surface area contributed by atoms with Gasteiger partial charge in [0.15, 0.2) is 0 Å². The molecule has 0 aliphatic heterocycles. The minimum absolute atomic E-state index is 0.0197. The van der Waals surface area contributed by atoms with Crippen molar-refractivity contribution in [3.05, 3.63) is 35.9 Å². The molecule has 0 amide bonds. The molecule has 1 atom stereocenters. The Labute approximate surface area is 109 Å². The molecule has 0 N–H and O–H groups in total. The summed E-state index contributed by atoms with van der Waals surface area (Å²) in [6, 6.07) is 10.00. The molecule has 0 bridgehead atoms. The second-order valence-electron chi connectivity index (χ2n) is 5.16. The summed E-state index contributed by atoms with van der Waals surface area (Å²) in [5.74, 6) is 0.0197. The summed E-state index contributed by atoms with van der Waals surface area (Å²) < 4.78 is 10.9. The minimum Gasteiger partial charge on any atom is -0.461 e. The fourth-order valence-electron chi connectivity index (χ4n) is 1.88. The minimum atomic E-state index is -0.585. The van der Waals surface area contributed by atoms with E-state index in [0.717, 1.165) is 5.56 Å². The van der Waals surface area contributed by atoms with Gasteiger partial charge in [-0.3, -0.25) is 4.79 Å². The molecular formula is C15H22O3. The molecule has 1 unspecified atom stereocenters. The van der Waals surface area contributed by atoms with Crippen molar-refractivity contribution in [2.75, 3.05) is 6.61 Å². The maximum Gasteiger partial charge on any atom is 0.293 e. The van der Waals surface area contributed by atoms with Gasteiger partial charge in [-0.1, -0.05) is 30.3 Å². The van der Waals surface area contributed by atoms with Crippen molar-refractivity contribution in [3.63, 3.8) is 0 Å². The first kappa shape index (κ1) is 14.7. The number of benzene rings is 1. The molecule has 0 radical (unpaired) electrons. The van der Waals surface area contributed by atoms with Crippen molar-refractivity contribution in [2.45, 2.75) is 45.3 Å². The van der Waals surface area contributed by atoms with Crippen LogP contribution in [0.5, 0.6) is 0 Å². The van der Waals surface area contributed by atoms with Gasteiger partial charge in [-0.25, -0.2) is 0 Å². The number of hydrogen-bond acceptors (Lipinski definition) is 3. The summed E-state index contributed by atoms with van der Waals surface area (Å²) in [4.78, 5) is 10.6. The number of ether oxygens (including phenoxy) is 2. The highest BCUT2D eigenvalue weighted by molar-refractivity contribution is 5.39. The molecule has 0 aromatic heterocycles. The molecule has 0 saturated heterocycles. The van der Waals surface area contributed by atoms with Gasteiger partial charge >= 0.3 is 0 Å². The van der Waals surface area contributed by atoms with Crippen LogP contribution in [0.2, 0.25) is 0 Å². The van der Waals surface area contributed by atoms with E-state index in [-0.39, 0.29) is 12.0 Å². The zero-order valence-corrected chi connectivity index (χ0v) is 11.6. The summed E-state index contributed by atoms with van der Waals surface area (Å²) in [5.41, 5.74) is 0.530. The Bertz CT molecular complexity index is 357.